The highest BCUT2D eigenvalue weighted by molar-refractivity contribution is 9.11. The quantitative estimate of drug-likeness (QED) is 0.750. The number of rotatable bonds is 5. The first-order chi connectivity index (χ1) is 9.51. The SMILES string of the molecule is CCNC(Cc1ccc(Br)s1)c1cc(F)c(F)c(F)c1. The van der Waals surface area contributed by atoms with Crippen molar-refractivity contribution in [3.8, 4) is 0 Å². The van der Waals surface area contributed by atoms with Crippen LogP contribution in [0.25, 0.3) is 0 Å². The van der Waals surface area contributed by atoms with Crippen molar-refractivity contribution in [1.82, 2.24) is 5.32 Å². The van der Waals surface area contributed by atoms with E-state index in [1.807, 2.05) is 19.1 Å². The van der Waals surface area contributed by atoms with Crippen LogP contribution in [0.4, 0.5) is 13.2 Å². The predicted molar refractivity (Wildman–Crippen MR) is 78.5 cm³/mol. The summed E-state index contributed by atoms with van der Waals surface area (Å²) in [7, 11) is 0. The molecular formula is C14H13BrF3NS. The summed E-state index contributed by atoms with van der Waals surface area (Å²) < 4.78 is 40.7. The van der Waals surface area contributed by atoms with Crippen LogP contribution in [0, 0.1) is 17.5 Å². The third-order valence-corrected chi connectivity index (χ3v) is 4.54. The van der Waals surface area contributed by atoms with E-state index < -0.39 is 17.5 Å². The molecule has 0 aliphatic rings. The first-order valence-corrected chi connectivity index (χ1v) is 7.74. The van der Waals surface area contributed by atoms with Crippen LogP contribution < -0.4 is 5.32 Å². The minimum absolute atomic E-state index is 0.254. The molecule has 0 saturated heterocycles. The maximum atomic E-state index is 13.3. The summed E-state index contributed by atoms with van der Waals surface area (Å²) in [6.45, 7) is 2.56. The van der Waals surface area contributed by atoms with Crippen LogP contribution in [0.1, 0.15) is 23.4 Å². The van der Waals surface area contributed by atoms with Gasteiger partial charge in [-0.25, -0.2) is 13.2 Å². The van der Waals surface area contributed by atoms with E-state index in [9.17, 15) is 13.2 Å². The molecule has 1 nitrogen and oxygen atoms in total. The highest BCUT2D eigenvalue weighted by Gasteiger charge is 2.18. The molecule has 108 valence electrons. The van der Waals surface area contributed by atoms with E-state index in [-0.39, 0.29) is 6.04 Å². The number of halogens is 4. The van der Waals surface area contributed by atoms with Gasteiger partial charge in [0.05, 0.1) is 3.79 Å². The molecule has 0 aliphatic carbocycles. The summed E-state index contributed by atoms with van der Waals surface area (Å²) in [6.07, 6.45) is 0.592. The minimum atomic E-state index is -1.43. The van der Waals surface area contributed by atoms with E-state index in [4.69, 9.17) is 0 Å². The van der Waals surface area contributed by atoms with Crippen LogP contribution >= 0.6 is 27.3 Å². The van der Waals surface area contributed by atoms with Crippen molar-refractivity contribution in [2.24, 2.45) is 0 Å². The van der Waals surface area contributed by atoms with Gasteiger partial charge in [-0.1, -0.05) is 6.92 Å². The Balaban J connectivity index is 2.28. The fourth-order valence-electron chi connectivity index (χ4n) is 1.99. The number of nitrogens with one attached hydrogen (secondary N) is 1. The Labute approximate surface area is 128 Å². The van der Waals surface area contributed by atoms with E-state index in [0.717, 1.165) is 20.8 Å². The lowest BCUT2D eigenvalue weighted by Gasteiger charge is -2.18. The van der Waals surface area contributed by atoms with Gasteiger partial charge in [0.1, 0.15) is 0 Å². The van der Waals surface area contributed by atoms with Gasteiger partial charge in [-0.2, -0.15) is 0 Å². The lowest BCUT2D eigenvalue weighted by molar-refractivity contribution is 0.439. The van der Waals surface area contributed by atoms with Crippen molar-refractivity contribution in [2.45, 2.75) is 19.4 Å². The molecule has 1 aromatic carbocycles. The second-order valence-electron chi connectivity index (χ2n) is 4.32. The Morgan fingerprint density at radius 1 is 1.20 bits per heavy atom. The molecule has 1 aromatic heterocycles. The molecule has 1 atom stereocenters. The van der Waals surface area contributed by atoms with Crippen LogP contribution in [-0.4, -0.2) is 6.54 Å². The molecule has 1 unspecified atom stereocenters. The third-order valence-electron chi connectivity index (χ3n) is 2.89. The van der Waals surface area contributed by atoms with Gasteiger partial charge >= 0.3 is 0 Å². The molecule has 0 saturated carbocycles. The lowest BCUT2D eigenvalue weighted by Crippen LogP contribution is -2.23. The molecule has 1 N–H and O–H groups in total. The number of likely N-dealkylation sites (N-methyl/N-ethyl adjacent to an activating group) is 1. The second kappa shape index (κ2) is 6.74. The van der Waals surface area contributed by atoms with Crippen LogP contribution in [-0.2, 0) is 6.42 Å². The van der Waals surface area contributed by atoms with E-state index in [1.54, 1.807) is 11.3 Å². The molecule has 2 rings (SSSR count). The Morgan fingerprint density at radius 2 is 1.85 bits per heavy atom. The van der Waals surface area contributed by atoms with Crippen LogP contribution in [0.5, 0.6) is 0 Å². The van der Waals surface area contributed by atoms with E-state index in [0.29, 0.717) is 18.5 Å². The molecule has 0 bridgehead atoms. The van der Waals surface area contributed by atoms with Gasteiger partial charge in [-0.15, -0.1) is 11.3 Å². The van der Waals surface area contributed by atoms with Crippen LogP contribution in [0.15, 0.2) is 28.1 Å². The Hall–Kier alpha value is -0.850. The van der Waals surface area contributed by atoms with Crippen molar-refractivity contribution in [2.75, 3.05) is 6.54 Å². The molecule has 0 radical (unpaired) electrons. The molecule has 0 aliphatic heterocycles. The molecule has 6 heteroatoms. The van der Waals surface area contributed by atoms with Crippen molar-refractivity contribution in [1.29, 1.82) is 0 Å². The molecule has 0 fully saturated rings. The topological polar surface area (TPSA) is 12.0 Å². The predicted octanol–water partition coefficient (Wildman–Crippen LogP) is 4.82. The fraction of sp³-hybridized carbons (Fsp3) is 0.286. The highest BCUT2D eigenvalue weighted by Crippen LogP contribution is 2.28. The zero-order valence-corrected chi connectivity index (χ0v) is 13.1. The van der Waals surface area contributed by atoms with Gasteiger partial charge in [0, 0.05) is 17.3 Å². The zero-order chi connectivity index (χ0) is 14.7. The first kappa shape index (κ1) is 15.5. The van der Waals surface area contributed by atoms with E-state index >= 15 is 0 Å². The van der Waals surface area contributed by atoms with Gasteiger partial charge in [0.25, 0.3) is 0 Å². The van der Waals surface area contributed by atoms with Gasteiger partial charge in [-0.3, -0.25) is 0 Å². The van der Waals surface area contributed by atoms with Crippen molar-refractivity contribution >= 4 is 27.3 Å². The summed E-state index contributed by atoms with van der Waals surface area (Å²) in [5, 5.41) is 3.17. The average Bonchev–Trinajstić information content (AvgIpc) is 2.80. The maximum Gasteiger partial charge on any atom is 0.194 e. The monoisotopic (exact) mass is 363 g/mol. The van der Waals surface area contributed by atoms with Crippen LogP contribution in [0.3, 0.4) is 0 Å². The number of benzene rings is 1. The highest BCUT2D eigenvalue weighted by atomic mass is 79.9. The molecule has 2 aromatic rings. The Morgan fingerprint density at radius 3 is 2.35 bits per heavy atom. The summed E-state index contributed by atoms with van der Waals surface area (Å²) in [6, 6.07) is 5.72. The Bertz CT molecular complexity index is 577. The minimum Gasteiger partial charge on any atom is -0.310 e. The zero-order valence-electron chi connectivity index (χ0n) is 10.7. The van der Waals surface area contributed by atoms with Gasteiger partial charge in [0.2, 0.25) is 0 Å². The molecule has 0 amide bonds. The van der Waals surface area contributed by atoms with Crippen LogP contribution in [0.2, 0.25) is 0 Å². The maximum absolute atomic E-state index is 13.3. The third kappa shape index (κ3) is 3.62. The van der Waals surface area contributed by atoms with E-state index in [1.165, 1.54) is 0 Å². The van der Waals surface area contributed by atoms with Gasteiger partial charge in [0.15, 0.2) is 17.5 Å². The smallest absolute Gasteiger partial charge is 0.194 e. The number of hydrogen-bond donors (Lipinski definition) is 1. The normalized spacial score (nSPS) is 12.7. The average molecular weight is 364 g/mol. The second-order valence-corrected chi connectivity index (χ2v) is 6.87. The summed E-state index contributed by atoms with van der Waals surface area (Å²) in [5.41, 5.74) is 0.410. The number of hydrogen-bond acceptors (Lipinski definition) is 2. The van der Waals surface area contributed by atoms with Gasteiger partial charge in [-0.05, 0) is 52.3 Å². The molecular weight excluding hydrogens is 351 g/mol. The summed E-state index contributed by atoms with van der Waals surface area (Å²) >= 11 is 4.94. The Kier molecular flexibility index (Phi) is 5.23. The molecule has 1 heterocycles. The molecule has 0 spiro atoms. The van der Waals surface area contributed by atoms with Crippen molar-refractivity contribution in [3.63, 3.8) is 0 Å². The first-order valence-electron chi connectivity index (χ1n) is 6.13. The standard InChI is InChI=1S/C14H13BrF3NS/c1-2-19-12(7-9-3-4-13(15)20-9)8-5-10(16)14(18)11(17)6-8/h3-6,12,19H,2,7H2,1H3. The van der Waals surface area contributed by atoms with E-state index in [2.05, 4.69) is 21.2 Å². The van der Waals surface area contributed by atoms with Crippen molar-refractivity contribution < 1.29 is 13.2 Å². The summed E-state index contributed by atoms with van der Waals surface area (Å²) in [4.78, 5) is 1.08. The summed E-state index contributed by atoms with van der Waals surface area (Å²) in [5.74, 6) is -3.74. The largest absolute Gasteiger partial charge is 0.310 e. The fourth-order valence-corrected chi connectivity index (χ4v) is 3.52. The number of thiophene rings is 1. The van der Waals surface area contributed by atoms with Crippen molar-refractivity contribution in [3.05, 3.63) is 55.9 Å². The van der Waals surface area contributed by atoms with Gasteiger partial charge < -0.3 is 5.32 Å². The lowest BCUT2D eigenvalue weighted by atomic mass is 10.0. The molecule has 20 heavy (non-hydrogen) atoms.